The van der Waals surface area contributed by atoms with Gasteiger partial charge in [-0.25, -0.2) is 0 Å². The van der Waals surface area contributed by atoms with Gasteiger partial charge < -0.3 is 9.84 Å². The van der Waals surface area contributed by atoms with E-state index < -0.39 is 39.7 Å². The molecule has 1 N–H and O–H groups in total. The number of ketones is 3. The second-order valence-corrected chi connectivity index (χ2v) is 12.4. The molecule has 0 saturated heterocycles. The van der Waals surface area contributed by atoms with Crippen molar-refractivity contribution in [3.63, 3.8) is 0 Å². The molecule has 0 bridgehead atoms. The summed E-state index contributed by atoms with van der Waals surface area (Å²) in [6.45, 7) is 3.41. The lowest BCUT2D eigenvalue weighted by molar-refractivity contribution is -0.136. The van der Waals surface area contributed by atoms with Gasteiger partial charge in [-0.1, -0.05) is 55.8 Å². The molecule has 0 radical (unpaired) electrons. The zero-order valence-corrected chi connectivity index (χ0v) is 22.1. The first-order valence-electron chi connectivity index (χ1n) is 12.7. The third-order valence-corrected chi connectivity index (χ3v) is 11.2. The zero-order valence-electron chi connectivity index (χ0n) is 20.6. The largest absolute Gasteiger partial charge is 0.389 e. The van der Waals surface area contributed by atoms with Crippen molar-refractivity contribution < 1.29 is 24.2 Å². The van der Waals surface area contributed by atoms with Crippen LogP contribution in [0.25, 0.3) is 0 Å². The van der Waals surface area contributed by atoms with E-state index in [1.807, 2.05) is 12.1 Å². The summed E-state index contributed by atoms with van der Waals surface area (Å²) >= 11 is 14.7. The second-order valence-electron chi connectivity index (χ2n) is 11.3. The Kier molecular flexibility index (Phi) is 6.60. The Balaban J connectivity index is 1.47. The predicted octanol–water partition coefficient (Wildman–Crippen LogP) is 4.93. The predicted molar refractivity (Wildman–Crippen MR) is 138 cm³/mol. The van der Waals surface area contributed by atoms with Crippen LogP contribution in [0.4, 0.5) is 0 Å². The van der Waals surface area contributed by atoms with E-state index in [1.54, 1.807) is 36.4 Å². The highest BCUT2D eigenvalue weighted by molar-refractivity contribution is 6.34. The summed E-state index contributed by atoms with van der Waals surface area (Å²) < 4.78 is 6.17. The van der Waals surface area contributed by atoms with Gasteiger partial charge in [0.2, 0.25) is 0 Å². The molecular formula is C29H32Cl2O5. The molecule has 3 saturated carbocycles. The van der Waals surface area contributed by atoms with Crippen LogP contribution in [0.15, 0.2) is 54.1 Å². The monoisotopic (exact) mass is 530 g/mol. The summed E-state index contributed by atoms with van der Waals surface area (Å²) in [7, 11) is 0. The fourth-order valence-corrected chi connectivity index (χ4v) is 9.11. The molecular weight excluding hydrogens is 499 g/mol. The number of hydrogen-bond acceptors (Lipinski definition) is 5. The van der Waals surface area contributed by atoms with E-state index in [0.717, 1.165) is 18.4 Å². The maximum Gasteiger partial charge on any atom is 0.188 e. The second kappa shape index (κ2) is 9.20. The number of rotatable bonds is 6. The molecule has 8 atom stereocenters. The molecule has 4 aliphatic carbocycles. The Morgan fingerprint density at radius 3 is 2.58 bits per heavy atom. The van der Waals surface area contributed by atoms with Crippen LogP contribution >= 0.6 is 23.2 Å². The first-order chi connectivity index (χ1) is 17.1. The van der Waals surface area contributed by atoms with Crippen molar-refractivity contribution in [1.29, 1.82) is 0 Å². The molecule has 0 aliphatic heterocycles. The Labute approximate surface area is 221 Å². The number of carbonyl (C=O) groups excluding carboxylic acids is 3. The molecule has 1 aromatic rings. The number of carbonyl (C=O) groups is 3. The molecule has 1 aromatic carbocycles. The third kappa shape index (κ3) is 3.69. The fraction of sp³-hybridized carbons (Fsp3) is 0.552. The van der Waals surface area contributed by atoms with E-state index in [1.165, 1.54) is 0 Å². The smallest absolute Gasteiger partial charge is 0.188 e. The molecule has 3 fully saturated rings. The minimum Gasteiger partial charge on any atom is -0.389 e. The van der Waals surface area contributed by atoms with Crippen LogP contribution in [0.1, 0.15) is 49.9 Å². The Hall–Kier alpha value is -1.79. The van der Waals surface area contributed by atoms with Crippen LogP contribution in [-0.2, 0) is 14.3 Å². The van der Waals surface area contributed by atoms with Crippen molar-refractivity contribution >= 4 is 40.6 Å². The Morgan fingerprint density at radius 2 is 1.89 bits per heavy atom. The van der Waals surface area contributed by atoms with Gasteiger partial charge in [-0.05, 0) is 55.1 Å². The molecule has 0 heterocycles. The van der Waals surface area contributed by atoms with Crippen molar-refractivity contribution in [1.82, 2.24) is 0 Å². The average Bonchev–Trinajstić information content (AvgIpc) is 3.15. The van der Waals surface area contributed by atoms with Crippen molar-refractivity contribution in [3.05, 3.63) is 59.7 Å². The van der Waals surface area contributed by atoms with E-state index in [0.29, 0.717) is 18.4 Å². The molecule has 0 spiro atoms. The number of alkyl halides is 2. The number of hydrogen-bond donors (Lipinski definition) is 1. The summed E-state index contributed by atoms with van der Waals surface area (Å²) in [6, 6.07) is 8.94. The molecule has 4 aliphatic rings. The summed E-state index contributed by atoms with van der Waals surface area (Å²) in [6.07, 6.45) is 7.22. The first-order valence-corrected chi connectivity index (χ1v) is 13.5. The molecule has 0 amide bonds. The number of aliphatic hydroxyl groups excluding tert-OH is 1. The summed E-state index contributed by atoms with van der Waals surface area (Å²) in [5.74, 6) is -1.04. The van der Waals surface area contributed by atoms with Crippen LogP contribution in [0.5, 0.6) is 0 Å². The minimum atomic E-state index is -0.832. The van der Waals surface area contributed by atoms with Gasteiger partial charge in [-0.2, -0.15) is 0 Å². The number of allylic oxidation sites excluding steroid dienone is 4. The van der Waals surface area contributed by atoms with Crippen LogP contribution < -0.4 is 0 Å². The van der Waals surface area contributed by atoms with Crippen molar-refractivity contribution in [2.24, 2.45) is 28.6 Å². The number of aliphatic hydroxyl groups is 1. The number of fused-ring (bicyclic) bond motifs is 5. The number of ether oxygens (including phenoxy) is 1. The van der Waals surface area contributed by atoms with Crippen molar-refractivity contribution in [2.75, 3.05) is 13.2 Å². The summed E-state index contributed by atoms with van der Waals surface area (Å²) in [5.41, 5.74) is 0.472. The van der Waals surface area contributed by atoms with E-state index >= 15 is 0 Å². The van der Waals surface area contributed by atoms with Gasteiger partial charge in [0.05, 0.1) is 22.3 Å². The van der Waals surface area contributed by atoms with Crippen molar-refractivity contribution in [3.8, 4) is 0 Å². The summed E-state index contributed by atoms with van der Waals surface area (Å²) in [4.78, 5) is 37.2. The van der Waals surface area contributed by atoms with Gasteiger partial charge in [0.25, 0.3) is 0 Å². The highest BCUT2D eigenvalue weighted by atomic mass is 35.5. The minimum absolute atomic E-state index is 0.0201. The first kappa shape index (κ1) is 25.8. The maximum absolute atomic E-state index is 13.1. The van der Waals surface area contributed by atoms with E-state index in [-0.39, 0.29) is 35.8 Å². The Morgan fingerprint density at radius 1 is 1.17 bits per heavy atom. The van der Waals surface area contributed by atoms with Crippen LogP contribution in [0, 0.1) is 28.6 Å². The molecule has 0 aromatic heterocycles. The lowest BCUT2D eigenvalue weighted by Gasteiger charge is -2.63. The van der Waals surface area contributed by atoms with Crippen LogP contribution in [-0.4, -0.2) is 52.0 Å². The van der Waals surface area contributed by atoms with E-state index in [2.05, 4.69) is 13.8 Å². The number of benzene rings is 1. The maximum atomic E-state index is 13.1. The van der Waals surface area contributed by atoms with Crippen LogP contribution in [0.2, 0.25) is 0 Å². The molecule has 192 valence electrons. The lowest BCUT2D eigenvalue weighted by atomic mass is 9.47. The number of Topliss-reactive ketones (excluding diaryl/α,β-unsaturated/α-hetero) is 2. The van der Waals surface area contributed by atoms with Gasteiger partial charge in [-0.15, -0.1) is 23.2 Å². The normalized spacial score (nSPS) is 41.2. The number of halogens is 2. The molecule has 5 rings (SSSR count). The average molecular weight is 531 g/mol. The van der Waals surface area contributed by atoms with Gasteiger partial charge in [0.15, 0.2) is 17.3 Å². The lowest BCUT2D eigenvalue weighted by Crippen LogP contribution is -2.64. The van der Waals surface area contributed by atoms with E-state index in [9.17, 15) is 19.5 Å². The quantitative estimate of drug-likeness (QED) is 0.416. The highest BCUT2D eigenvalue weighted by Gasteiger charge is 2.70. The van der Waals surface area contributed by atoms with Gasteiger partial charge >= 0.3 is 0 Å². The zero-order chi connectivity index (χ0) is 25.9. The highest BCUT2D eigenvalue weighted by Crippen LogP contribution is 2.70. The van der Waals surface area contributed by atoms with E-state index in [4.69, 9.17) is 27.9 Å². The summed E-state index contributed by atoms with van der Waals surface area (Å²) in [5, 5.41) is 9.40. The molecule has 5 nitrogen and oxygen atoms in total. The Bertz CT molecular complexity index is 1150. The van der Waals surface area contributed by atoms with Crippen molar-refractivity contribution in [2.45, 2.75) is 55.9 Å². The molecule has 7 heteroatoms. The standard InChI is InChI=1S/C29H32Cl2O5/c1-27-14-25(30)29(31)20(9-8-18-12-19(33)10-11-28(18,29)2)21(27)13-24(26(27)22(34)15-32)36-16-23(35)17-6-4-3-5-7-17/h3-7,10-12,20-21,24-26,32H,8-9,13-16H2,1-2H3/t20-,21-,24?,25?,26-,27-,28-,29-/m0/s1. The molecule has 36 heavy (non-hydrogen) atoms. The van der Waals surface area contributed by atoms with Gasteiger partial charge in [0, 0.05) is 11.0 Å². The van der Waals surface area contributed by atoms with Gasteiger partial charge in [0.1, 0.15) is 13.2 Å². The van der Waals surface area contributed by atoms with Crippen LogP contribution in [0.3, 0.4) is 0 Å². The third-order valence-electron chi connectivity index (χ3n) is 9.63. The molecule has 2 unspecified atom stereocenters. The fourth-order valence-electron chi connectivity index (χ4n) is 7.86. The topological polar surface area (TPSA) is 80.7 Å². The van der Waals surface area contributed by atoms with Gasteiger partial charge in [-0.3, -0.25) is 14.4 Å². The SMILES string of the molecule is C[C@]12CC(Cl)[C@@]3(Cl)[C@@H](CCC4=CC(=O)C=C[C@@]43C)[C@@H]1CC(OCC(=O)c1ccccc1)[C@@H]2C(=O)CO.